The van der Waals surface area contributed by atoms with E-state index >= 15 is 0 Å². The second-order valence-electron chi connectivity index (χ2n) is 2.24. The Morgan fingerprint density at radius 1 is 1.58 bits per heavy atom. The molecule has 1 aromatic rings. The number of amides is 1. The third kappa shape index (κ3) is 1.61. The van der Waals surface area contributed by atoms with Gasteiger partial charge in [0, 0.05) is 13.2 Å². The minimum atomic E-state index is 0. The van der Waals surface area contributed by atoms with E-state index in [1.54, 1.807) is 6.20 Å². The first-order valence-corrected chi connectivity index (χ1v) is 4.10. The zero-order valence-electron chi connectivity index (χ0n) is 7.29. The van der Waals surface area contributed by atoms with E-state index in [4.69, 9.17) is 0 Å². The Morgan fingerprint density at radius 3 is 3.00 bits per heavy atom. The van der Waals surface area contributed by atoms with Gasteiger partial charge in [-0.1, -0.05) is 19.9 Å². The van der Waals surface area contributed by atoms with Gasteiger partial charge in [-0.3, -0.25) is 4.79 Å². The largest absolute Gasteiger partial charge is 0.310 e. The molecule has 0 atom stereocenters. The molecular formula is C9H14N2O. The Morgan fingerprint density at radius 2 is 2.33 bits per heavy atom. The molecule has 1 aliphatic rings. The number of pyridine rings is 1. The van der Waals surface area contributed by atoms with E-state index < -0.39 is 0 Å². The average molecular weight is 166 g/mol. The molecule has 0 radical (unpaired) electrons. The molecular weight excluding hydrogens is 152 g/mol. The summed E-state index contributed by atoms with van der Waals surface area (Å²) >= 11 is 0. The summed E-state index contributed by atoms with van der Waals surface area (Å²) in [7, 11) is 0. The molecule has 0 fully saturated rings. The maximum Gasteiger partial charge on any atom is 0.230 e. The number of nitrogens with one attached hydrogen (secondary N) is 1. The van der Waals surface area contributed by atoms with Crippen LogP contribution in [0.1, 0.15) is 20.8 Å². The maximum atomic E-state index is 10.7. The van der Waals surface area contributed by atoms with Gasteiger partial charge in [-0.25, -0.2) is 4.98 Å². The van der Waals surface area contributed by atoms with E-state index in [1.807, 2.05) is 26.0 Å². The van der Waals surface area contributed by atoms with Gasteiger partial charge in [-0.05, 0) is 6.07 Å². The summed E-state index contributed by atoms with van der Waals surface area (Å²) < 4.78 is 0. The number of rotatable bonds is 0. The van der Waals surface area contributed by atoms with Crippen LogP contribution in [0.4, 0.5) is 5.82 Å². The predicted octanol–water partition coefficient (Wildman–Crippen LogP) is 1.85. The van der Waals surface area contributed by atoms with Gasteiger partial charge >= 0.3 is 0 Å². The van der Waals surface area contributed by atoms with Crippen molar-refractivity contribution in [2.24, 2.45) is 0 Å². The SMILES string of the molecule is CC.O=C1Cc2cccnc2N1.[HH]. The molecule has 0 spiro atoms. The van der Waals surface area contributed by atoms with Crippen LogP contribution in [0.2, 0.25) is 0 Å². The number of hydrogen-bond donors (Lipinski definition) is 1. The lowest BCUT2D eigenvalue weighted by atomic mass is 10.2. The molecule has 2 heterocycles. The Balaban J connectivity index is 0.000000451. The third-order valence-corrected chi connectivity index (χ3v) is 1.50. The zero-order chi connectivity index (χ0) is 8.97. The molecule has 66 valence electrons. The number of hydrogen-bond acceptors (Lipinski definition) is 2. The highest BCUT2D eigenvalue weighted by Gasteiger charge is 2.16. The van der Waals surface area contributed by atoms with Crippen LogP contribution < -0.4 is 5.32 Å². The van der Waals surface area contributed by atoms with Gasteiger partial charge in [0.25, 0.3) is 0 Å². The highest BCUT2D eigenvalue weighted by molar-refractivity contribution is 5.97. The van der Waals surface area contributed by atoms with Gasteiger partial charge in [-0.15, -0.1) is 0 Å². The van der Waals surface area contributed by atoms with Crippen LogP contribution in [0.25, 0.3) is 0 Å². The number of nitrogens with zero attached hydrogens (tertiary/aromatic N) is 1. The standard InChI is InChI=1S/C7H6N2O.C2H6.H2/c10-6-4-5-2-1-3-8-7(5)9-6;1-2;/h1-3H,4H2,(H,8,9,10);1-2H3;1H. The van der Waals surface area contributed by atoms with Gasteiger partial charge < -0.3 is 5.32 Å². The summed E-state index contributed by atoms with van der Waals surface area (Å²) in [5, 5.41) is 2.65. The van der Waals surface area contributed by atoms with Gasteiger partial charge in [0.1, 0.15) is 5.82 Å². The van der Waals surface area contributed by atoms with Gasteiger partial charge in [-0.2, -0.15) is 0 Å². The molecule has 1 aromatic heterocycles. The lowest BCUT2D eigenvalue weighted by Crippen LogP contribution is -2.04. The smallest absolute Gasteiger partial charge is 0.230 e. The van der Waals surface area contributed by atoms with Crippen molar-refractivity contribution in [3.8, 4) is 0 Å². The van der Waals surface area contributed by atoms with Crippen molar-refractivity contribution < 1.29 is 6.22 Å². The number of carbonyl (C=O) groups excluding carboxylic acids is 1. The second-order valence-corrected chi connectivity index (χ2v) is 2.24. The molecule has 1 N–H and O–H groups in total. The number of aromatic nitrogens is 1. The molecule has 0 saturated heterocycles. The number of fused-ring (bicyclic) bond motifs is 1. The normalized spacial score (nSPS) is 12.7. The minimum absolute atomic E-state index is 0. The van der Waals surface area contributed by atoms with Crippen molar-refractivity contribution in [1.29, 1.82) is 0 Å². The average Bonchev–Trinajstić information content (AvgIpc) is 2.48. The molecule has 3 nitrogen and oxygen atoms in total. The first-order valence-electron chi connectivity index (χ1n) is 4.10. The Kier molecular flexibility index (Phi) is 2.80. The van der Waals surface area contributed by atoms with E-state index in [2.05, 4.69) is 10.3 Å². The maximum absolute atomic E-state index is 10.7. The molecule has 0 unspecified atom stereocenters. The third-order valence-electron chi connectivity index (χ3n) is 1.50. The molecule has 0 saturated carbocycles. The van der Waals surface area contributed by atoms with Gasteiger partial charge in [0.05, 0.1) is 6.42 Å². The van der Waals surface area contributed by atoms with Crippen molar-refractivity contribution >= 4 is 11.7 Å². The van der Waals surface area contributed by atoms with Crippen molar-refractivity contribution in [2.45, 2.75) is 20.3 Å². The summed E-state index contributed by atoms with van der Waals surface area (Å²) in [6.45, 7) is 4.00. The first kappa shape index (κ1) is 8.71. The zero-order valence-corrected chi connectivity index (χ0v) is 7.29. The summed E-state index contributed by atoms with van der Waals surface area (Å²) in [6.07, 6.45) is 2.15. The lowest BCUT2D eigenvalue weighted by Gasteiger charge is -1.91. The number of anilines is 1. The predicted molar refractivity (Wildman–Crippen MR) is 50.0 cm³/mol. The Hall–Kier alpha value is -1.38. The van der Waals surface area contributed by atoms with Crippen molar-refractivity contribution in [3.63, 3.8) is 0 Å². The van der Waals surface area contributed by atoms with E-state index in [0.29, 0.717) is 12.2 Å². The topological polar surface area (TPSA) is 42.0 Å². The van der Waals surface area contributed by atoms with E-state index in [1.165, 1.54) is 0 Å². The number of carbonyl (C=O) groups is 1. The van der Waals surface area contributed by atoms with Crippen molar-refractivity contribution in [2.75, 3.05) is 5.32 Å². The van der Waals surface area contributed by atoms with E-state index in [9.17, 15) is 4.79 Å². The lowest BCUT2D eigenvalue weighted by molar-refractivity contribution is -0.115. The van der Waals surface area contributed by atoms with E-state index in [-0.39, 0.29) is 7.33 Å². The van der Waals surface area contributed by atoms with Crippen molar-refractivity contribution in [3.05, 3.63) is 23.9 Å². The molecule has 1 aliphatic heterocycles. The first-order chi connectivity index (χ1) is 5.86. The highest BCUT2D eigenvalue weighted by Crippen LogP contribution is 2.17. The fourth-order valence-corrected chi connectivity index (χ4v) is 1.04. The quantitative estimate of drug-likeness (QED) is 0.639. The molecule has 12 heavy (non-hydrogen) atoms. The summed E-state index contributed by atoms with van der Waals surface area (Å²) in [6, 6.07) is 3.74. The second kappa shape index (κ2) is 3.85. The molecule has 3 heteroatoms. The molecule has 0 aromatic carbocycles. The fraction of sp³-hybridized carbons (Fsp3) is 0.333. The molecule has 0 aliphatic carbocycles. The highest BCUT2D eigenvalue weighted by atomic mass is 16.1. The minimum Gasteiger partial charge on any atom is -0.310 e. The van der Waals surface area contributed by atoms with Crippen LogP contribution in [-0.2, 0) is 11.2 Å². The van der Waals surface area contributed by atoms with Crippen LogP contribution in [0.3, 0.4) is 0 Å². The Labute approximate surface area is 73.3 Å². The fourth-order valence-electron chi connectivity index (χ4n) is 1.04. The van der Waals surface area contributed by atoms with Gasteiger partial charge in [0.2, 0.25) is 5.91 Å². The molecule has 0 bridgehead atoms. The summed E-state index contributed by atoms with van der Waals surface area (Å²) in [5.41, 5.74) is 0.993. The molecule has 1 amide bonds. The van der Waals surface area contributed by atoms with Crippen LogP contribution in [0, 0.1) is 0 Å². The van der Waals surface area contributed by atoms with Crippen molar-refractivity contribution in [1.82, 2.24) is 4.98 Å². The van der Waals surface area contributed by atoms with Gasteiger partial charge in [0.15, 0.2) is 0 Å². The van der Waals surface area contributed by atoms with Crippen LogP contribution >= 0.6 is 0 Å². The monoisotopic (exact) mass is 166 g/mol. The summed E-state index contributed by atoms with van der Waals surface area (Å²) in [4.78, 5) is 14.7. The Bertz CT molecular complexity index is 262. The van der Waals surface area contributed by atoms with Crippen LogP contribution in [-0.4, -0.2) is 10.9 Å². The van der Waals surface area contributed by atoms with E-state index in [0.717, 1.165) is 5.56 Å². The molecule has 2 rings (SSSR count). The summed E-state index contributed by atoms with van der Waals surface area (Å²) in [5.74, 6) is 0.751. The van der Waals surface area contributed by atoms with Crippen LogP contribution in [0.5, 0.6) is 0 Å². The van der Waals surface area contributed by atoms with Crippen LogP contribution in [0.15, 0.2) is 18.3 Å².